The number of carbonyl (C=O) groups is 1. The summed E-state index contributed by atoms with van der Waals surface area (Å²) >= 11 is 0. The van der Waals surface area contributed by atoms with E-state index < -0.39 is 0 Å². The highest BCUT2D eigenvalue weighted by Gasteiger charge is 2.34. The molecule has 1 aliphatic rings. The monoisotopic (exact) mass is 306 g/mol. The molecular weight excluding hydrogens is 280 g/mol. The standard InChI is InChI=1S/C17H26N2O3/c1-5-18-17(20)12(2)19-10-6-7-15(19)14-11-13(21-3)8-9-16(14)22-4/h8-9,11-12,15H,5-7,10H2,1-4H3,(H,18,20)/t12-,15-/m1/s1. The summed E-state index contributed by atoms with van der Waals surface area (Å²) in [6.07, 6.45) is 2.10. The Balaban J connectivity index is 2.28. The second-order valence-electron chi connectivity index (χ2n) is 5.57. The third kappa shape index (κ3) is 3.35. The van der Waals surface area contributed by atoms with Crippen molar-refractivity contribution in [1.29, 1.82) is 0 Å². The number of hydrogen-bond acceptors (Lipinski definition) is 4. The van der Waals surface area contributed by atoms with Crippen molar-refractivity contribution in [3.05, 3.63) is 23.8 Å². The molecule has 0 radical (unpaired) electrons. The Hall–Kier alpha value is -1.75. The minimum Gasteiger partial charge on any atom is -0.497 e. The number of methoxy groups -OCH3 is 2. The molecule has 1 N–H and O–H groups in total. The smallest absolute Gasteiger partial charge is 0.237 e. The maximum atomic E-state index is 12.2. The van der Waals surface area contributed by atoms with Gasteiger partial charge in [-0.05, 0) is 51.4 Å². The molecule has 0 unspecified atom stereocenters. The first kappa shape index (κ1) is 16.6. The molecule has 2 atom stereocenters. The zero-order valence-corrected chi connectivity index (χ0v) is 13.9. The first-order valence-electron chi connectivity index (χ1n) is 7.87. The van der Waals surface area contributed by atoms with Crippen LogP contribution >= 0.6 is 0 Å². The van der Waals surface area contributed by atoms with Crippen molar-refractivity contribution >= 4 is 5.91 Å². The molecule has 5 nitrogen and oxygen atoms in total. The number of rotatable bonds is 6. The van der Waals surface area contributed by atoms with E-state index in [0.29, 0.717) is 6.54 Å². The number of likely N-dealkylation sites (N-methyl/N-ethyl adjacent to an activating group) is 1. The first-order valence-corrected chi connectivity index (χ1v) is 7.87. The van der Waals surface area contributed by atoms with E-state index in [9.17, 15) is 4.79 Å². The van der Waals surface area contributed by atoms with Crippen molar-refractivity contribution in [2.45, 2.75) is 38.8 Å². The summed E-state index contributed by atoms with van der Waals surface area (Å²) in [4.78, 5) is 14.4. The molecular formula is C17H26N2O3. The molecule has 0 aliphatic carbocycles. The molecule has 1 heterocycles. The molecule has 0 spiro atoms. The van der Waals surface area contributed by atoms with Crippen LogP contribution in [0.1, 0.15) is 38.3 Å². The van der Waals surface area contributed by atoms with Crippen LogP contribution in [-0.4, -0.2) is 44.2 Å². The van der Waals surface area contributed by atoms with Crippen LogP contribution in [0.2, 0.25) is 0 Å². The summed E-state index contributed by atoms with van der Waals surface area (Å²) in [6.45, 7) is 5.49. The van der Waals surface area contributed by atoms with Crippen molar-refractivity contribution < 1.29 is 14.3 Å². The fourth-order valence-corrected chi connectivity index (χ4v) is 3.16. The summed E-state index contributed by atoms with van der Waals surface area (Å²) in [6, 6.07) is 5.88. The van der Waals surface area contributed by atoms with Gasteiger partial charge < -0.3 is 14.8 Å². The van der Waals surface area contributed by atoms with Gasteiger partial charge in [0.1, 0.15) is 11.5 Å². The van der Waals surface area contributed by atoms with Gasteiger partial charge in [-0.1, -0.05) is 0 Å². The Morgan fingerprint density at radius 2 is 2.18 bits per heavy atom. The molecule has 1 aromatic carbocycles. The van der Waals surface area contributed by atoms with E-state index in [4.69, 9.17) is 9.47 Å². The highest BCUT2D eigenvalue weighted by Crippen LogP contribution is 2.39. The Bertz CT molecular complexity index is 519. The summed E-state index contributed by atoms with van der Waals surface area (Å²) in [5.41, 5.74) is 1.09. The van der Waals surface area contributed by atoms with Gasteiger partial charge >= 0.3 is 0 Å². The predicted octanol–water partition coefficient (Wildman–Crippen LogP) is 2.37. The first-order chi connectivity index (χ1) is 10.6. The van der Waals surface area contributed by atoms with Crippen molar-refractivity contribution in [1.82, 2.24) is 10.2 Å². The molecule has 1 amide bonds. The van der Waals surface area contributed by atoms with Crippen LogP contribution in [0, 0.1) is 0 Å². The lowest BCUT2D eigenvalue weighted by Crippen LogP contribution is -2.44. The number of carbonyl (C=O) groups excluding carboxylic acids is 1. The number of hydrogen-bond donors (Lipinski definition) is 1. The molecule has 22 heavy (non-hydrogen) atoms. The van der Waals surface area contributed by atoms with Crippen LogP contribution in [0.3, 0.4) is 0 Å². The molecule has 5 heteroatoms. The van der Waals surface area contributed by atoms with Gasteiger partial charge in [0, 0.05) is 18.2 Å². The summed E-state index contributed by atoms with van der Waals surface area (Å²) in [5.74, 6) is 1.74. The number of benzene rings is 1. The Morgan fingerprint density at radius 1 is 1.41 bits per heavy atom. The van der Waals surface area contributed by atoms with E-state index in [-0.39, 0.29) is 18.0 Å². The molecule has 0 aromatic heterocycles. The van der Waals surface area contributed by atoms with Crippen molar-refractivity contribution in [3.8, 4) is 11.5 Å². The molecule has 0 bridgehead atoms. The van der Waals surface area contributed by atoms with Gasteiger partial charge in [-0.2, -0.15) is 0 Å². The molecule has 1 saturated heterocycles. The van der Waals surface area contributed by atoms with Gasteiger partial charge in [0.15, 0.2) is 0 Å². The zero-order chi connectivity index (χ0) is 16.1. The highest BCUT2D eigenvalue weighted by molar-refractivity contribution is 5.81. The van der Waals surface area contributed by atoms with Crippen molar-refractivity contribution in [3.63, 3.8) is 0 Å². The Kier molecular flexibility index (Phi) is 5.66. The lowest BCUT2D eigenvalue weighted by atomic mass is 10.0. The van der Waals surface area contributed by atoms with Gasteiger partial charge in [-0.3, -0.25) is 9.69 Å². The van der Waals surface area contributed by atoms with Crippen LogP contribution < -0.4 is 14.8 Å². The summed E-state index contributed by atoms with van der Waals surface area (Å²) in [7, 11) is 3.34. The fourth-order valence-electron chi connectivity index (χ4n) is 3.16. The number of likely N-dealkylation sites (tertiary alicyclic amines) is 1. The number of nitrogens with one attached hydrogen (secondary N) is 1. The fraction of sp³-hybridized carbons (Fsp3) is 0.588. The van der Waals surface area contributed by atoms with Crippen LogP contribution in [0.5, 0.6) is 11.5 Å². The summed E-state index contributed by atoms with van der Waals surface area (Å²) < 4.78 is 10.9. The number of amides is 1. The van der Waals surface area contributed by atoms with Gasteiger partial charge in [0.05, 0.1) is 20.3 Å². The molecule has 122 valence electrons. The van der Waals surface area contributed by atoms with Crippen LogP contribution in [0.15, 0.2) is 18.2 Å². The average Bonchev–Trinajstić information content (AvgIpc) is 3.03. The average molecular weight is 306 g/mol. The van der Waals surface area contributed by atoms with E-state index in [0.717, 1.165) is 36.4 Å². The quantitative estimate of drug-likeness (QED) is 0.876. The minimum atomic E-state index is -0.150. The van der Waals surface area contributed by atoms with Gasteiger partial charge in [-0.25, -0.2) is 0 Å². The zero-order valence-electron chi connectivity index (χ0n) is 13.9. The van der Waals surface area contributed by atoms with E-state index in [1.165, 1.54) is 0 Å². The molecule has 1 fully saturated rings. The molecule has 0 saturated carbocycles. The number of ether oxygens (including phenoxy) is 2. The molecule has 2 rings (SSSR count). The van der Waals surface area contributed by atoms with Gasteiger partial charge in [0.2, 0.25) is 5.91 Å². The lowest BCUT2D eigenvalue weighted by Gasteiger charge is -2.31. The van der Waals surface area contributed by atoms with Crippen LogP contribution in [0.4, 0.5) is 0 Å². The largest absolute Gasteiger partial charge is 0.497 e. The van der Waals surface area contributed by atoms with E-state index in [1.807, 2.05) is 32.0 Å². The second kappa shape index (κ2) is 7.49. The van der Waals surface area contributed by atoms with Crippen LogP contribution in [0.25, 0.3) is 0 Å². The maximum Gasteiger partial charge on any atom is 0.237 e. The van der Waals surface area contributed by atoms with Crippen molar-refractivity contribution in [2.24, 2.45) is 0 Å². The van der Waals surface area contributed by atoms with Crippen LogP contribution in [-0.2, 0) is 4.79 Å². The van der Waals surface area contributed by atoms with E-state index in [1.54, 1.807) is 14.2 Å². The Labute approximate surface area is 132 Å². The summed E-state index contributed by atoms with van der Waals surface area (Å²) in [5, 5.41) is 2.91. The number of nitrogens with zero attached hydrogens (tertiary/aromatic N) is 1. The topological polar surface area (TPSA) is 50.8 Å². The second-order valence-corrected chi connectivity index (χ2v) is 5.57. The Morgan fingerprint density at radius 3 is 2.82 bits per heavy atom. The molecule has 1 aromatic rings. The normalized spacial score (nSPS) is 19.7. The van der Waals surface area contributed by atoms with Gasteiger partial charge in [0.25, 0.3) is 0 Å². The third-order valence-corrected chi connectivity index (χ3v) is 4.32. The van der Waals surface area contributed by atoms with E-state index in [2.05, 4.69) is 10.2 Å². The predicted molar refractivity (Wildman–Crippen MR) is 86.4 cm³/mol. The highest BCUT2D eigenvalue weighted by atomic mass is 16.5. The minimum absolute atomic E-state index is 0.0799. The third-order valence-electron chi connectivity index (χ3n) is 4.32. The van der Waals surface area contributed by atoms with Crippen molar-refractivity contribution in [2.75, 3.05) is 27.3 Å². The SMILES string of the molecule is CCNC(=O)[C@@H](C)N1CCC[C@@H]1c1cc(OC)ccc1OC. The molecule has 1 aliphatic heterocycles. The maximum absolute atomic E-state index is 12.2. The van der Waals surface area contributed by atoms with Gasteiger partial charge in [-0.15, -0.1) is 0 Å². The van der Waals surface area contributed by atoms with E-state index >= 15 is 0 Å². The lowest BCUT2D eigenvalue weighted by molar-refractivity contribution is -0.126.